The van der Waals surface area contributed by atoms with Crippen molar-refractivity contribution in [3.05, 3.63) is 53.2 Å². The van der Waals surface area contributed by atoms with Gasteiger partial charge in [-0.15, -0.1) is 10.2 Å². The van der Waals surface area contributed by atoms with Gasteiger partial charge in [0.25, 0.3) is 5.91 Å². The third kappa shape index (κ3) is 5.26. The predicted octanol–water partition coefficient (Wildman–Crippen LogP) is 3.15. The Balaban J connectivity index is 1.57. The summed E-state index contributed by atoms with van der Waals surface area (Å²) < 4.78 is 5.31. The summed E-state index contributed by atoms with van der Waals surface area (Å²) in [4.78, 5) is 14.3. The molecular weight excluding hydrogens is 340 g/mol. The van der Waals surface area contributed by atoms with Crippen molar-refractivity contribution in [1.29, 1.82) is 0 Å². The number of ether oxygens (including phenoxy) is 1. The highest BCUT2D eigenvalue weighted by Crippen LogP contribution is 2.17. The highest BCUT2D eigenvalue weighted by Gasteiger charge is 2.18. The van der Waals surface area contributed by atoms with Crippen LogP contribution in [0.2, 0.25) is 0 Å². The Labute approximate surface area is 160 Å². The lowest BCUT2D eigenvalue weighted by molar-refractivity contribution is 0.0693. The Morgan fingerprint density at radius 1 is 1.15 bits per heavy atom. The van der Waals surface area contributed by atoms with Gasteiger partial charge in [-0.2, -0.15) is 0 Å². The molecule has 0 bridgehead atoms. The molecule has 1 fully saturated rings. The monoisotopic (exact) mass is 368 g/mol. The van der Waals surface area contributed by atoms with Crippen LogP contribution in [0.3, 0.4) is 0 Å². The fourth-order valence-electron chi connectivity index (χ4n) is 3.11. The summed E-state index contributed by atoms with van der Waals surface area (Å²) in [6, 6.07) is 12.4. The Hall–Kier alpha value is -2.47. The van der Waals surface area contributed by atoms with E-state index in [9.17, 15) is 4.79 Å². The van der Waals surface area contributed by atoms with Gasteiger partial charge in [-0.25, -0.2) is 0 Å². The fraction of sp³-hybridized carbons (Fsp3) is 0.476. The minimum atomic E-state index is -0.173. The van der Waals surface area contributed by atoms with Gasteiger partial charge >= 0.3 is 0 Å². The highest BCUT2D eigenvalue weighted by atomic mass is 16.5. The summed E-state index contributed by atoms with van der Waals surface area (Å²) >= 11 is 0. The smallest absolute Gasteiger partial charge is 0.272 e. The number of rotatable bonds is 6. The summed E-state index contributed by atoms with van der Waals surface area (Å²) in [5.74, 6) is 1.10. The molecule has 1 aliphatic heterocycles. The van der Waals surface area contributed by atoms with Crippen molar-refractivity contribution in [3.8, 4) is 0 Å². The second-order valence-corrected chi connectivity index (χ2v) is 7.39. The summed E-state index contributed by atoms with van der Waals surface area (Å²) in [5, 5.41) is 11.3. The van der Waals surface area contributed by atoms with Crippen LogP contribution in [0.15, 0.2) is 36.4 Å². The zero-order chi connectivity index (χ0) is 19.2. The van der Waals surface area contributed by atoms with E-state index in [1.54, 1.807) is 6.07 Å². The van der Waals surface area contributed by atoms with E-state index in [1.807, 2.05) is 18.0 Å². The van der Waals surface area contributed by atoms with Gasteiger partial charge in [0.05, 0.1) is 0 Å². The quantitative estimate of drug-likeness (QED) is 0.848. The first-order chi connectivity index (χ1) is 13.0. The van der Waals surface area contributed by atoms with E-state index in [2.05, 4.69) is 53.6 Å². The van der Waals surface area contributed by atoms with Crippen LogP contribution in [-0.2, 0) is 11.3 Å². The van der Waals surface area contributed by atoms with Gasteiger partial charge in [0.2, 0.25) is 0 Å². The van der Waals surface area contributed by atoms with Crippen molar-refractivity contribution >= 4 is 11.7 Å². The van der Waals surface area contributed by atoms with E-state index >= 15 is 0 Å². The molecule has 1 aromatic heterocycles. The molecular formula is C21H28N4O2. The second kappa shape index (κ2) is 8.95. The molecule has 3 rings (SSSR count). The lowest BCUT2D eigenvalue weighted by Crippen LogP contribution is -2.39. The molecule has 1 aromatic carbocycles. The van der Waals surface area contributed by atoms with Crippen LogP contribution in [0.5, 0.6) is 0 Å². The number of anilines is 1. The predicted molar refractivity (Wildman–Crippen MR) is 106 cm³/mol. The molecule has 6 nitrogen and oxygen atoms in total. The maximum absolute atomic E-state index is 12.3. The summed E-state index contributed by atoms with van der Waals surface area (Å²) in [6.45, 7) is 6.50. The molecule has 2 aromatic rings. The molecule has 0 aliphatic carbocycles. The number of hydrogen-bond donors (Lipinski definition) is 1. The lowest BCUT2D eigenvalue weighted by atomic mass is 10.0. The van der Waals surface area contributed by atoms with Crippen LogP contribution in [0.25, 0.3) is 0 Å². The minimum Gasteiger partial charge on any atom is -0.381 e. The Kier molecular flexibility index (Phi) is 6.40. The van der Waals surface area contributed by atoms with E-state index in [0.717, 1.165) is 25.2 Å². The molecule has 0 atom stereocenters. The molecule has 0 radical (unpaired) electrons. The zero-order valence-corrected chi connectivity index (χ0v) is 16.3. The molecule has 1 aliphatic rings. The minimum absolute atomic E-state index is 0.157. The number of hydrogen-bond acceptors (Lipinski definition) is 5. The van der Waals surface area contributed by atoms with Gasteiger partial charge in [0, 0.05) is 32.8 Å². The van der Waals surface area contributed by atoms with Crippen LogP contribution < -0.4 is 10.2 Å². The van der Waals surface area contributed by atoms with Crippen molar-refractivity contribution < 1.29 is 9.53 Å². The molecule has 0 saturated carbocycles. The zero-order valence-electron chi connectivity index (χ0n) is 16.3. The van der Waals surface area contributed by atoms with Gasteiger partial charge in [-0.05, 0) is 42.0 Å². The van der Waals surface area contributed by atoms with E-state index < -0.39 is 0 Å². The van der Waals surface area contributed by atoms with Crippen LogP contribution in [0.1, 0.15) is 54.2 Å². The van der Waals surface area contributed by atoms with Crippen molar-refractivity contribution in [2.24, 2.45) is 0 Å². The highest BCUT2D eigenvalue weighted by molar-refractivity contribution is 5.92. The van der Waals surface area contributed by atoms with Crippen molar-refractivity contribution in [2.45, 2.75) is 45.2 Å². The van der Waals surface area contributed by atoms with E-state index in [4.69, 9.17) is 4.74 Å². The number of carbonyl (C=O) groups excluding carboxylic acids is 1. The molecule has 2 heterocycles. The third-order valence-corrected chi connectivity index (χ3v) is 4.90. The van der Waals surface area contributed by atoms with Crippen molar-refractivity contribution in [2.75, 3.05) is 25.2 Å². The third-order valence-electron chi connectivity index (χ3n) is 4.90. The van der Waals surface area contributed by atoms with E-state index in [0.29, 0.717) is 24.8 Å². The van der Waals surface area contributed by atoms with Gasteiger partial charge in [0.15, 0.2) is 11.5 Å². The van der Waals surface area contributed by atoms with Crippen LogP contribution >= 0.6 is 0 Å². The topological polar surface area (TPSA) is 67.4 Å². The number of nitrogens with one attached hydrogen (secondary N) is 1. The van der Waals surface area contributed by atoms with E-state index in [1.165, 1.54) is 11.1 Å². The standard InChI is InChI=1S/C21H28N4O2/c1-15(2)17-6-4-16(5-7-17)14-25(3)20-9-8-19(23-24-20)21(26)22-18-10-12-27-13-11-18/h4-9,15,18H,10-14H2,1-3H3,(H,22,26). The summed E-state index contributed by atoms with van der Waals surface area (Å²) in [7, 11) is 1.97. The van der Waals surface area contributed by atoms with Crippen LogP contribution in [0.4, 0.5) is 5.82 Å². The van der Waals surface area contributed by atoms with Gasteiger partial charge in [-0.1, -0.05) is 38.1 Å². The summed E-state index contributed by atoms with van der Waals surface area (Å²) in [5.41, 5.74) is 2.89. The molecule has 0 unspecified atom stereocenters. The lowest BCUT2D eigenvalue weighted by Gasteiger charge is -2.23. The van der Waals surface area contributed by atoms with Gasteiger partial charge in [-0.3, -0.25) is 4.79 Å². The van der Waals surface area contributed by atoms with Crippen molar-refractivity contribution in [1.82, 2.24) is 15.5 Å². The average molecular weight is 368 g/mol. The molecule has 27 heavy (non-hydrogen) atoms. The largest absolute Gasteiger partial charge is 0.381 e. The first kappa shape index (κ1) is 19.3. The van der Waals surface area contributed by atoms with Crippen LogP contribution in [-0.4, -0.2) is 42.4 Å². The van der Waals surface area contributed by atoms with Gasteiger partial charge < -0.3 is 15.0 Å². The number of aromatic nitrogens is 2. The molecule has 1 saturated heterocycles. The molecule has 0 spiro atoms. The first-order valence-electron chi connectivity index (χ1n) is 9.55. The molecule has 1 N–H and O–H groups in total. The SMILES string of the molecule is CC(C)c1ccc(CN(C)c2ccc(C(=O)NC3CCOCC3)nn2)cc1. The fourth-order valence-corrected chi connectivity index (χ4v) is 3.11. The molecule has 144 valence electrons. The second-order valence-electron chi connectivity index (χ2n) is 7.39. The summed E-state index contributed by atoms with van der Waals surface area (Å²) in [6.07, 6.45) is 1.69. The Bertz CT molecular complexity index is 738. The number of nitrogens with zero attached hydrogens (tertiary/aromatic N) is 3. The molecule has 6 heteroatoms. The maximum atomic E-state index is 12.3. The Morgan fingerprint density at radius 3 is 2.44 bits per heavy atom. The number of carbonyl (C=O) groups is 1. The van der Waals surface area contributed by atoms with Crippen LogP contribution in [0, 0.1) is 0 Å². The van der Waals surface area contributed by atoms with Gasteiger partial charge in [0.1, 0.15) is 0 Å². The number of amides is 1. The average Bonchev–Trinajstić information content (AvgIpc) is 2.69. The van der Waals surface area contributed by atoms with Crippen molar-refractivity contribution in [3.63, 3.8) is 0 Å². The van der Waals surface area contributed by atoms with E-state index in [-0.39, 0.29) is 11.9 Å². The Morgan fingerprint density at radius 2 is 1.85 bits per heavy atom. The maximum Gasteiger partial charge on any atom is 0.272 e. The first-order valence-corrected chi connectivity index (χ1v) is 9.55. The molecule has 1 amide bonds. The number of benzene rings is 1. The normalized spacial score (nSPS) is 15.0.